The molecule has 1 heterocycles. The molecular formula is C16H26N2O3. The average Bonchev–Trinajstić information content (AvgIpc) is 3.00. The van der Waals surface area contributed by atoms with Crippen LogP contribution >= 0.6 is 0 Å². The third kappa shape index (κ3) is 2.87. The summed E-state index contributed by atoms with van der Waals surface area (Å²) < 4.78 is 0. The highest BCUT2D eigenvalue weighted by Gasteiger charge is 2.50. The molecule has 3 aliphatic rings. The van der Waals surface area contributed by atoms with Gasteiger partial charge in [-0.15, -0.1) is 0 Å². The van der Waals surface area contributed by atoms with Gasteiger partial charge in [-0.2, -0.15) is 0 Å². The fourth-order valence-electron chi connectivity index (χ4n) is 4.15. The van der Waals surface area contributed by atoms with E-state index in [4.69, 9.17) is 0 Å². The number of carbonyl (C=O) groups is 2. The predicted octanol–water partition coefficient (Wildman–Crippen LogP) is 2.41. The average molecular weight is 294 g/mol. The molecule has 0 radical (unpaired) electrons. The van der Waals surface area contributed by atoms with Crippen molar-refractivity contribution in [2.24, 2.45) is 17.8 Å². The minimum Gasteiger partial charge on any atom is -0.480 e. The summed E-state index contributed by atoms with van der Waals surface area (Å²) in [6.45, 7) is 4.27. The fraction of sp³-hybridized carbons (Fsp3) is 0.875. The quantitative estimate of drug-likeness (QED) is 0.847. The molecule has 0 aromatic heterocycles. The Bertz CT molecular complexity index is 422. The van der Waals surface area contributed by atoms with E-state index in [0.717, 1.165) is 38.8 Å². The molecule has 0 spiro atoms. The topological polar surface area (TPSA) is 60.9 Å². The summed E-state index contributed by atoms with van der Waals surface area (Å²) in [6.07, 6.45) is 6.50. The zero-order chi connectivity index (χ0) is 15.0. The molecule has 1 saturated heterocycles. The molecule has 2 aliphatic carbocycles. The summed E-state index contributed by atoms with van der Waals surface area (Å²) in [7, 11) is 0. The molecule has 3 unspecified atom stereocenters. The van der Waals surface area contributed by atoms with Crippen molar-refractivity contribution < 1.29 is 14.7 Å². The molecule has 5 nitrogen and oxygen atoms in total. The largest absolute Gasteiger partial charge is 0.480 e. The Labute approximate surface area is 126 Å². The summed E-state index contributed by atoms with van der Waals surface area (Å²) >= 11 is 0. The van der Waals surface area contributed by atoms with Gasteiger partial charge in [0.1, 0.15) is 6.04 Å². The minimum absolute atomic E-state index is 0.0365. The van der Waals surface area contributed by atoms with E-state index in [2.05, 4.69) is 6.92 Å². The molecule has 3 fully saturated rings. The highest BCUT2D eigenvalue weighted by atomic mass is 16.4. The first-order chi connectivity index (χ1) is 10.1. The van der Waals surface area contributed by atoms with Gasteiger partial charge in [0.05, 0.1) is 0 Å². The van der Waals surface area contributed by atoms with Crippen LogP contribution in [0.3, 0.4) is 0 Å². The SMILES string of the molecule is CCCN(CC1CC1)C(=O)N1CC2CCCC2C1C(=O)O. The van der Waals surface area contributed by atoms with Gasteiger partial charge < -0.3 is 14.9 Å². The lowest BCUT2D eigenvalue weighted by molar-refractivity contribution is -0.142. The maximum absolute atomic E-state index is 12.8. The smallest absolute Gasteiger partial charge is 0.326 e. The van der Waals surface area contributed by atoms with E-state index in [1.807, 2.05) is 4.90 Å². The first-order valence-corrected chi connectivity index (χ1v) is 8.40. The Morgan fingerprint density at radius 3 is 2.62 bits per heavy atom. The number of hydrogen-bond donors (Lipinski definition) is 1. The van der Waals surface area contributed by atoms with E-state index in [-0.39, 0.29) is 11.9 Å². The number of urea groups is 1. The number of carboxylic acid groups (broad SMARTS) is 1. The Morgan fingerprint density at radius 1 is 1.24 bits per heavy atom. The molecule has 0 aromatic rings. The molecule has 1 N–H and O–H groups in total. The Balaban J connectivity index is 1.73. The molecule has 2 amide bonds. The summed E-state index contributed by atoms with van der Waals surface area (Å²) in [4.78, 5) is 28.1. The van der Waals surface area contributed by atoms with Crippen molar-refractivity contribution in [3.05, 3.63) is 0 Å². The lowest BCUT2D eigenvalue weighted by Crippen LogP contribution is -2.50. The van der Waals surface area contributed by atoms with Crippen LogP contribution in [-0.4, -0.2) is 52.6 Å². The number of fused-ring (bicyclic) bond motifs is 1. The van der Waals surface area contributed by atoms with Gasteiger partial charge in [0.15, 0.2) is 0 Å². The summed E-state index contributed by atoms with van der Waals surface area (Å²) in [6, 6.07) is -0.630. The van der Waals surface area contributed by atoms with Crippen LogP contribution < -0.4 is 0 Å². The number of rotatable bonds is 5. The van der Waals surface area contributed by atoms with Crippen molar-refractivity contribution in [2.75, 3.05) is 19.6 Å². The van der Waals surface area contributed by atoms with Crippen molar-refractivity contribution in [2.45, 2.75) is 51.5 Å². The van der Waals surface area contributed by atoms with Gasteiger partial charge in [0.2, 0.25) is 0 Å². The van der Waals surface area contributed by atoms with Gasteiger partial charge in [-0.1, -0.05) is 13.3 Å². The summed E-state index contributed by atoms with van der Waals surface area (Å²) in [5.74, 6) is 0.404. The summed E-state index contributed by atoms with van der Waals surface area (Å²) in [5, 5.41) is 9.57. The Hall–Kier alpha value is -1.26. The molecule has 3 atom stereocenters. The Morgan fingerprint density at radius 2 is 2.00 bits per heavy atom. The van der Waals surface area contributed by atoms with E-state index >= 15 is 0 Å². The number of hydrogen-bond acceptors (Lipinski definition) is 2. The fourth-order valence-corrected chi connectivity index (χ4v) is 4.15. The highest BCUT2D eigenvalue weighted by molar-refractivity contribution is 5.84. The predicted molar refractivity (Wildman–Crippen MR) is 78.9 cm³/mol. The van der Waals surface area contributed by atoms with E-state index in [1.54, 1.807) is 4.90 Å². The first kappa shape index (κ1) is 14.7. The van der Waals surface area contributed by atoms with Gasteiger partial charge in [-0.25, -0.2) is 9.59 Å². The molecule has 1 aliphatic heterocycles. The molecule has 3 rings (SSSR count). The van der Waals surface area contributed by atoms with Gasteiger partial charge >= 0.3 is 12.0 Å². The van der Waals surface area contributed by atoms with Crippen LogP contribution in [0.1, 0.15) is 45.4 Å². The minimum atomic E-state index is -0.819. The van der Waals surface area contributed by atoms with E-state index in [0.29, 0.717) is 18.4 Å². The van der Waals surface area contributed by atoms with Crippen LogP contribution in [0, 0.1) is 17.8 Å². The number of likely N-dealkylation sites (tertiary alicyclic amines) is 1. The van der Waals surface area contributed by atoms with Crippen LogP contribution in [0.5, 0.6) is 0 Å². The highest BCUT2D eigenvalue weighted by Crippen LogP contribution is 2.42. The molecule has 5 heteroatoms. The van der Waals surface area contributed by atoms with Crippen LogP contribution in [0.4, 0.5) is 4.79 Å². The van der Waals surface area contributed by atoms with Crippen LogP contribution in [-0.2, 0) is 4.79 Å². The zero-order valence-corrected chi connectivity index (χ0v) is 12.8. The van der Waals surface area contributed by atoms with Crippen molar-refractivity contribution in [1.82, 2.24) is 9.80 Å². The van der Waals surface area contributed by atoms with Crippen molar-refractivity contribution >= 4 is 12.0 Å². The zero-order valence-electron chi connectivity index (χ0n) is 12.8. The number of amides is 2. The van der Waals surface area contributed by atoms with E-state index in [1.165, 1.54) is 12.8 Å². The lowest BCUT2D eigenvalue weighted by Gasteiger charge is -2.31. The van der Waals surface area contributed by atoms with Crippen molar-refractivity contribution in [1.29, 1.82) is 0 Å². The van der Waals surface area contributed by atoms with Crippen LogP contribution in [0.2, 0.25) is 0 Å². The molecular weight excluding hydrogens is 268 g/mol. The molecule has 21 heavy (non-hydrogen) atoms. The number of aliphatic carboxylic acids is 1. The standard InChI is InChI=1S/C16H26N2O3/c1-2-8-17(9-11-6-7-11)16(21)18-10-12-4-3-5-13(12)14(18)15(19)20/h11-14H,2-10H2,1H3,(H,19,20). The lowest BCUT2D eigenvalue weighted by atomic mass is 9.94. The second kappa shape index (κ2) is 5.85. The van der Waals surface area contributed by atoms with Gasteiger partial charge in [0, 0.05) is 19.6 Å². The van der Waals surface area contributed by atoms with Gasteiger partial charge in [-0.05, 0) is 49.9 Å². The van der Waals surface area contributed by atoms with Gasteiger partial charge in [-0.3, -0.25) is 0 Å². The summed E-state index contributed by atoms with van der Waals surface area (Å²) in [5.41, 5.74) is 0. The van der Waals surface area contributed by atoms with Crippen LogP contribution in [0.15, 0.2) is 0 Å². The van der Waals surface area contributed by atoms with Crippen LogP contribution in [0.25, 0.3) is 0 Å². The molecule has 118 valence electrons. The number of nitrogens with zero attached hydrogens (tertiary/aromatic N) is 2. The number of carbonyl (C=O) groups excluding carboxylic acids is 1. The third-order valence-corrected chi connectivity index (χ3v) is 5.33. The second-order valence-electron chi connectivity index (χ2n) is 6.96. The van der Waals surface area contributed by atoms with Crippen molar-refractivity contribution in [3.8, 4) is 0 Å². The van der Waals surface area contributed by atoms with E-state index < -0.39 is 12.0 Å². The molecule has 0 aromatic carbocycles. The third-order valence-electron chi connectivity index (χ3n) is 5.33. The number of carboxylic acids is 1. The normalized spacial score (nSPS) is 31.3. The second-order valence-corrected chi connectivity index (χ2v) is 6.96. The maximum atomic E-state index is 12.8. The molecule has 0 bridgehead atoms. The molecule has 2 saturated carbocycles. The monoisotopic (exact) mass is 294 g/mol. The first-order valence-electron chi connectivity index (χ1n) is 8.40. The van der Waals surface area contributed by atoms with E-state index in [9.17, 15) is 14.7 Å². The van der Waals surface area contributed by atoms with Gasteiger partial charge in [0.25, 0.3) is 0 Å². The Kier molecular flexibility index (Phi) is 4.09. The maximum Gasteiger partial charge on any atom is 0.326 e. The van der Waals surface area contributed by atoms with Crippen molar-refractivity contribution in [3.63, 3.8) is 0 Å².